The molecule has 1 aliphatic heterocycles. The highest BCUT2D eigenvalue weighted by Crippen LogP contribution is 2.38. The fourth-order valence-corrected chi connectivity index (χ4v) is 2.77. The largest absolute Gasteiger partial charge is 0.318 e. The van der Waals surface area contributed by atoms with Gasteiger partial charge in [-0.15, -0.1) is 0 Å². The van der Waals surface area contributed by atoms with Crippen molar-refractivity contribution in [3.63, 3.8) is 0 Å². The van der Waals surface area contributed by atoms with Crippen LogP contribution in [0.1, 0.15) is 11.6 Å². The summed E-state index contributed by atoms with van der Waals surface area (Å²) >= 11 is 11.9. The number of amides is 1. The highest BCUT2D eigenvalue weighted by Gasteiger charge is 2.46. The average Bonchev–Trinajstić information content (AvgIpc) is 2.45. The lowest BCUT2D eigenvalue weighted by Gasteiger charge is -2.45. The first-order chi connectivity index (χ1) is 9.58. The summed E-state index contributed by atoms with van der Waals surface area (Å²) < 4.78 is 0. The van der Waals surface area contributed by atoms with Gasteiger partial charge in [0.25, 0.3) is 0 Å². The molecule has 2 aromatic carbocycles. The number of hydrogen-bond acceptors (Lipinski definition) is 2. The fraction of sp³-hybridized carbons (Fsp3) is 0.133. The van der Waals surface area contributed by atoms with E-state index < -0.39 is 6.04 Å². The van der Waals surface area contributed by atoms with E-state index in [2.05, 4.69) is 0 Å². The maximum Gasteiger partial charge on any atom is 0.247 e. The molecule has 102 valence electrons. The van der Waals surface area contributed by atoms with Gasteiger partial charge in [0.15, 0.2) is 0 Å². The minimum absolute atomic E-state index is 0.0997. The van der Waals surface area contributed by atoms with Crippen molar-refractivity contribution in [1.82, 2.24) is 0 Å². The molecule has 2 N–H and O–H groups in total. The van der Waals surface area contributed by atoms with E-state index in [0.29, 0.717) is 10.0 Å². The number of anilines is 1. The van der Waals surface area contributed by atoms with Gasteiger partial charge in [0.1, 0.15) is 6.04 Å². The van der Waals surface area contributed by atoms with Gasteiger partial charge in [-0.25, -0.2) is 0 Å². The Morgan fingerprint density at radius 1 is 1.00 bits per heavy atom. The third-order valence-corrected chi connectivity index (χ3v) is 3.92. The second-order valence-electron chi connectivity index (χ2n) is 4.71. The smallest absolute Gasteiger partial charge is 0.247 e. The molecular weight excluding hydrogens is 295 g/mol. The van der Waals surface area contributed by atoms with E-state index in [4.69, 9.17) is 28.9 Å². The van der Waals surface area contributed by atoms with Crippen LogP contribution < -0.4 is 10.6 Å². The molecule has 0 aromatic heterocycles. The monoisotopic (exact) mass is 306 g/mol. The molecule has 20 heavy (non-hydrogen) atoms. The zero-order chi connectivity index (χ0) is 14.3. The van der Waals surface area contributed by atoms with Gasteiger partial charge in [0.05, 0.1) is 6.04 Å². The van der Waals surface area contributed by atoms with Crippen LogP contribution in [0, 0.1) is 0 Å². The number of nitrogens with two attached hydrogens (primary N) is 1. The van der Waals surface area contributed by atoms with Crippen molar-refractivity contribution in [2.24, 2.45) is 5.73 Å². The molecule has 0 spiro atoms. The Morgan fingerprint density at radius 2 is 1.70 bits per heavy atom. The minimum Gasteiger partial charge on any atom is -0.318 e. The summed E-state index contributed by atoms with van der Waals surface area (Å²) in [5.74, 6) is -0.0997. The van der Waals surface area contributed by atoms with Gasteiger partial charge in [-0.3, -0.25) is 4.79 Å². The number of benzene rings is 2. The van der Waals surface area contributed by atoms with Gasteiger partial charge in [0.2, 0.25) is 5.91 Å². The van der Waals surface area contributed by atoms with Crippen molar-refractivity contribution in [3.05, 3.63) is 64.1 Å². The summed E-state index contributed by atoms with van der Waals surface area (Å²) in [7, 11) is 0. The van der Waals surface area contributed by atoms with Crippen LogP contribution in [-0.4, -0.2) is 11.9 Å². The van der Waals surface area contributed by atoms with Gasteiger partial charge in [0, 0.05) is 15.7 Å². The Labute approximate surface area is 126 Å². The first-order valence-corrected chi connectivity index (χ1v) is 6.93. The highest BCUT2D eigenvalue weighted by molar-refractivity contribution is 6.31. The molecule has 2 aromatic rings. The standard InChI is InChI=1S/C15H12Cl2N2O/c16-10-4-6-12(7-5-10)19-14(13(18)15(19)20)9-2-1-3-11(17)8-9/h1-8,13-14H,18H2/t13-,14-/m1/s1. The van der Waals surface area contributed by atoms with Crippen LogP contribution in [0.15, 0.2) is 48.5 Å². The molecule has 0 unspecified atom stereocenters. The summed E-state index contributed by atoms with van der Waals surface area (Å²) in [6.07, 6.45) is 0. The fourth-order valence-electron chi connectivity index (χ4n) is 2.45. The Balaban J connectivity index is 1.97. The van der Waals surface area contributed by atoms with Crippen LogP contribution in [-0.2, 0) is 4.79 Å². The Morgan fingerprint density at radius 3 is 2.35 bits per heavy atom. The molecule has 1 heterocycles. The molecule has 0 bridgehead atoms. The molecular formula is C15H12Cl2N2O. The Bertz CT molecular complexity index is 657. The summed E-state index contributed by atoms with van der Waals surface area (Å²) in [4.78, 5) is 13.7. The lowest BCUT2D eigenvalue weighted by Crippen LogP contribution is -2.63. The number of halogens is 2. The van der Waals surface area contributed by atoms with Crippen molar-refractivity contribution in [2.45, 2.75) is 12.1 Å². The lowest BCUT2D eigenvalue weighted by molar-refractivity contribution is -0.126. The van der Waals surface area contributed by atoms with Gasteiger partial charge in [-0.05, 0) is 42.0 Å². The lowest BCUT2D eigenvalue weighted by atomic mass is 9.88. The first-order valence-electron chi connectivity index (χ1n) is 6.17. The molecule has 3 rings (SSSR count). The average molecular weight is 307 g/mol. The molecule has 2 atom stereocenters. The van der Waals surface area contributed by atoms with E-state index in [1.807, 2.05) is 30.3 Å². The van der Waals surface area contributed by atoms with Crippen LogP contribution in [0.5, 0.6) is 0 Å². The van der Waals surface area contributed by atoms with Crippen molar-refractivity contribution >= 4 is 34.8 Å². The quantitative estimate of drug-likeness (QED) is 0.864. The van der Waals surface area contributed by atoms with Crippen LogP contribution in [0.3, 0.4) is 0 Å². The van der Waals surface area contributed by atoms with Crippen molar-refractivity contribution in [2.75, 3.05) is 4.90 Å². The van der Waals surface area contributed by atoms with Crippen LogP contribution in [0.2, 0.25) is 10.0 Å². The van der Waals surface area contributed by atoms with Crippen LogP contribution in [0.25, 0.3) is 0 Å². The van der Waals surface area contributed by atoms with Crippen LogP contribution in [0.4, 0.5) is 5.69 Å². The summed E-state index contributed by atoms with van der Waals surface area (Å²) in [5, 5.41) is 1.26. The number of nitrogens with zero attached hydrogens (tertiary/aromatic N) is 1. The van der Waals surface area contributed by atoms with Gasteiger partial charge >= 0.3 is 0 Å². The van der Waals surface area contributed by atoms with Gasteiger partial charge in [-0.1, -0.05) is 35.3 Å². The molecule has 5 heteroatoms. The molecule has 0 aliphatic carbocycles. The van der Waals surface area contributed by atoms with E-state index in [1.165, 1.54) is 0 Å². The normalized spacial score (nSPS) is 21.8. The molecule has 1 amide bonds. The van der Waals surface area contributed by atoms with Gasteiger partial charge in [-0.2, -0.15) is 0 Å². The van der Waals surface area contributed by atoms with E-state index in [9.17, 15) is 4.79 Å². The van der Waals surface area contributed by atoms with Gasteiger partial charge < -0.3 is 10.6 Å². The zero-order valence-corrected chi connectivity index (χ0v) is 12.0. The van der Waals surface area contributed by atoms with Crippen molar-refractivity contribution < 1.29 is 4.79 Å². The predicted octanol–water partition coefficient (Wildman–Crippen LogP) is 3.41. The van der Waals surface area contributed by atoms with E-state index in [-0.39, 0.29) is 11.9 Å². The Hall–Kier alpha value is -1.55. The van der Waals surface area contributed by atoms with E-state index in [0.717, 1.165) is 11.3 Å². The molecule has 0 radical (unpaired) electrons. The number of hydrogen-bond donors (Lipinski definition) is 1. The molecule has 1 aliphatic rings. The second kappa shape index (κ2) is 5.09. The van der Waals surface area contributed by atoms with Crippen LogP contribution >= 0.6 is 23.2 Å². The number of carbonyl (C=O) groups is 1. The summed E-state index contributed by atoms with van der Waals surface area (Å²) in [6, 6.07) is 13.8. The summed E-state index contributed by atoms with van der Waals surface area (Å²) in [6.45, 7) is 0. The molecule has 1 fully saturated rings. The minimum atomic E-state index is -0.538. The highest BCUT2D eigenvalue weighted by atomic mass is 35.5. The van der Waals surface area contributed by atoms with Crippen molar-refractivity contribution in [1.29, 1.82) is 0 Å². The molecule has 0 saturated carbocycles. The van der Waals surface area contributed by atoms with Crippen molar-refractivity contribution in [3.8, 4) is 0 Å². The maximum atomic E-state index is 12.1. The maximum absolute atomic E-state index is 12.1. The Kier molecular flexibility index (Phi) is 3.42. The zero-order valence-electron chi connectivity index (χ0n) is 10.5. The number of β-lactam (4-membered cyclic amide) rings is 1. The van der Waals surface area contributed by atoms with E-state index in [1.54, 1.807) is 23.1 Å². The SMILES string of the molecule is N[C@H]1C(=O)N(c2ccc(Cl)cc2)[C@@H]1c1cccc(Cl)c1. The number of carbonyl (C=O) groups excluding carboxylic acids is 1. The molecule has 1 saturated heterocycles. The third kappa shape index (κ3) is 2.18. The van der Waals surface area contributed by atoms with E-state index >= 15 is 0 Å². The predicted molar refractivity (Wildman–Crippen MR) is 81.1 cm³/mol. The third-order valence-electron chi connectivity index (χ3n) is 3.44. The summed E-state index contributed by atoms with van der Waals surface area (Å²) in [5.41, 5.74) is 7.66. The second-order valence-corrected chi connectivity index (χ2v) is 5.58. The number of rotatable bonds is 2. The topological polar surface area (TPSA) is 46.3 Å². The molecule has 3 nitrogen and oxygen atoms in total. The first kappa shape index (κ1) is 13.4.